The molecule has 2 amide bonds. The van der Waals surface area contributed by atoms with Crippen LogP contribution in [0, 0.1) is 0 Å². The van der Waals surface area contributed by atoms with Crippen molar-refractivity contribution >= 4 is 22.0 Å². The van der Waals surface area contributed by atoms with E-state index in [1.165, 1.54) is 4.90 Å². The molecule has 0 spiro atoms. The molecular formula is C10H19N3O5S. The molecule has 0 aromatic heterocycles. The normalized spacial score (nSPS) is 15.0. The minimum absolute atomic E-state index is 0.0961. The van der Waals surface area contributed by atoms with Gasteiger partial charge in [0.1, 0.15) is 0 Å². The number of carboxylic acid groups (broad SMARTS) is 1. The number of carbonyl (C=O) groups excluding carboxylic acids is 1. The molecule has 0 aromatic carbocycles. The van der Waals surface area contributed by atoms with E-state index in [2.05, 4.69) is 5.32 Å². The van der Waals surface area contributed by atoms with Crippen molar-refractivity contribution in [1.29, 1.82) is 0 Å². The molecule has 1 rings (SSSR count). The Bertz CT molecular complexity index is 432. The summed E-state index contributed by atoms with van der Waals surface area (Å²) in [6.07, 6.45) is 1.90. The van der Waals surface area contributed by atoms with Crippen molar-refractivity contribution in [1.82, 2.24) is 10.2 Å². The van der Waals surface area contributed by atoms with Crippen LogP contribution in [0.3, 0.4) is 0 Å². The fourth-order valence-electron chi connectivity index (χ4n) is 1.62. The number of hydrogen-bond donors (Lipinski definition) is 3. The van der Waals surface area contributed by atoms with E-state index in [9.17, 15) is 18.0 Å². The van der Waals surface area contributed by atoms with Gasteiger partial charge in [-0.2, -0.15) is 0 Å². The molecule has 0 bridgehead atoms. The van der Waals surface area contributed by atoms with Crippen LogP contribution in [-0.2, 0) is 14.8 Å². The summed E-state index contributed by atoms with van der Waals surface area (Å²) in [6, 6.07) is -0.240. The zero-order valence-corrected chi connectivity index (χ0v) is 11.4. The Labute approximate surface area is 112 Å². The minimum Gasteiger partial charge on any atom is -0.481 e. The number of nitrogens with one attached hydrogen (secondary N) is 1. The van der Waals surface area contributed by atoms with Crippen molar-refractivity contribution in [3.05, 3.63) is 0 Å². The van der Waals surface area contributed by atoms with Crippen molar-refractivity contribution in [2.45, 2.75) is 31.7 Å². The van der Waals surface area contributed by atoms with Crippen molar-refractivity contribution in [3.8, 4) is 0 Å². The number of amides is 2. The third-order valence-electron chi connectivity index (χ3n) is 2.70. The van der Waals surface area contributed by atoms with Crippen molar-refractivity contribution in [3.63, 3.8) is 0 Å². The molecule has 0 radical (unpaired) electrons. The first-order valence-corrected chi connectivity index (χ1v) is 7.78. The van der Waals surface area contributed by atoms with E-state index in [0.29, 0.717) is 0 Å². The SMILES string of the molecule is NS(=O)(=O)CCCNC(=O)N(CCC(=O)O)C1CC1. The summed E-state index contributed by atoms with van der Waals surface area (Å²) in [5, 5.41) is 16.0. The van der Waals surface area contributed by atoms with Gasteiger partial charge < -0.3 is 15.3 Å². The van der Waals surface area contributed by atoms with Gasteiger partial charge in [-0.15, -0.1) is 0 Å². The zero-order chi connectivity index (χ0) is 14.5. The topological polar surface area (TPSA) is 130 Å². The van der Waals surface area contributed by atoms with Crippen LogP contribution >= 0.6 is 0 Å². The lowest BCUT2D eigenvalue weighted by molar-refractivity contribution is -0.137. The van der Waals surface area contributed by atoms with Crippen LogP contribution in [0.1, 0.15) is 25.7 Å². The average Bonchev–Trinajstić information content (AvgIpc) is 3.07. The molecule has 0 unspecified atom stereocenters. The molecule has 0 aliphatic heterocycles. The van der Waals surface area contributed by atoms with Crippen LogP contribution in [0.25, 0.3) is 0 Å². The zero-order valence-electron chi connectivity index (χ0n) is 10.5. The monoisotopic (exact) mass is 293 g/mol. The number of hydrogen-bond acceptors (Lipinski definition) is 4. The second kappa shape index (κ2) is 6.71. The first-order chi connectivity index (χ1) is 8.79. The van der Waals surface area contributed by atoms with Gasteiger partial charge in [0, 0.05) is 19.1 Å². The molecule has 1 saturated carbocycles. The molecule has 9 heteroatoms. The fourth-order valence-corrected chi connectivity index (χ4v) is 2.17. The van der Waals surface area contributed by atoms with Gasteiger partial charge in [0.05, 0.1) is 12.2 Å². The second-order valence-corrected chi connectivity index (χ2v) is 6.25. The summed E-state index contributed by atoms with van der Waals surface area (Å²) in [5.74, 6) is -1.14. The molecule has 110 valence electrons. The molecule has 0 saturated heterocycles. The van der Waals surface area contributed by atoms with E-state index < -0.39 is 16.0 Å². The van der Waals surface area contributed by atoms with Crippen LogP contribution < -0.4 is 10.5 Å². The molecule has 19 heavy (non-hydrogen) atoms. The lowest BCUT2D eigenvalue weighted by Gasteiger charge is -2.22. The van der Waals surface area contributed by atoms with Crippen molar-refractivity contribution in [2.75, 3.05) is 18.8 Å². The predicted molar refractivity (Wildman–Crippen MR) is 68.0 cm³/mol. The highest BCUT2D eigenvalue weighted by molar-refractivity contribution is 7.89. The Hall–Kier alpha value is -1.35. The predicted octanol–water partition coefficient (Wildman–Crippen LogP) is -0.686. The minimum atomic E-state index is -3.51. The number of sulfonamides is 1. The van der Waals surface area contributed by atoms with Crippen LogP contribution in [0.4, 0.5) is 4.79 Å². The second-order valence-electron chi connectivity index (χ2n) is 4.52. The van der Waals surface area contributed by atoms with E-state index in [1.807, 2.05) is 0 Å². The molecular weight excluding hydrogens is 274 g/mol. The van der Waals surface area contributed by atoms with Gasteiger partial charge in [-0.3, -0.25) is 4.79 Å². The van der Waals surface area contributed by atoms with Gasteiger partial charge in [0.2, 0.25) is 10.0 Å². The Kier molecular flexibility index (Phi) is 5.55. The summed E-state index contributed by atoms with van der Waals surface area (Å²) in [5.41, 5.74) is 0. The molecule has 1 aliphatic rings. The van der Waals surface area contributed by atoms with E-state index >= 15 is 0 Å². The smallest absolute Gasteiger partial charge is 0.317 e. The maximum absolute atomic E-state index is 11.8. The van der Waals surface area contributed by atoms with Crippen LogP contribution in [-0.4, -0.2) is 55.3 Å². The maximum Gasteiger partial charge on any atom is 0.317 e. The summed E-state index contributed by atoms with van der Waals surface area (Å²) >= 11 is 0. The Balaban J connectivity index is 2.30. The molecule has 0 aromatic rings. The van der Waals surface area contributed by atoms with E-state index in [4.69, 9.17) is 10.2 Å². The quantitative estimate of drug-likeness (QED) is 0.510. The van der Waals surface area contributed by atoms with Crippen molar-refractivity contribution < 1.29 is 23.1 Å². The Morgan fingerprint density at radius 2 is 2.00 bits per heavy atom. The third-order valence-corrected chi connectivity index (χ3v) is 3.55. The molecule has 1 fully saturated rings. The van der Waals surface area contributed by atoms with E-state index in [-0.39, 0.29) is 43.8 Å². The van der Waals surface area contributed by atoms with Gasteiger partial charge in [0.25, 0.3) is 0 Å². The summed E-state index contributed by atoms with van der Waals surface area (Å²) < 4.78 is 21.4. The number of carboxylic acids is 1. The summed E-state index contributed by atoms with van der Waals surface area (Å²) in [4.78, 5) is 23.8. The number of rotatable bonds is 8. The Morgan fingerprint density at radius 3 is 2.47 bits per heavy atom. The van der Waals surface area contributed by atoms with Crippen LogP contribution in [0.2, 0.25) is 0 Å². The van der Waals surface area contributed by atoms with Crippen LogP contribution in [0.5, 0.6) is 0 Å². The molecule has 4 N–H and O–H groups in total. The first kappa shape index (κ1) is 15.7. The number of carbonyl (C=O) groups is 2. The molecule has 8 nitrogen and oxygen atoms in total. The van der Waals surface area contributed by atoms with Gasteiger partial charge >= 0.3 is 12.0 Å². The highest BCUT2D eigenvalue weighted by Crippen LogP contribution is 2.26. The van der Waals surface area contributed by atoms with Crippen LogP contribution in [0.15, 0.2) is 0 Å². The first-order valence-electron chi connectivity index (χ1n) is 6.06. The van der Waals surface area contributed by atoms with Gasteiger partial charge in [-0.25, -0.2) is 18.4 Å². The van der Waals surface area contributed by atoms with Gasteiger partial charge in [-0.05, 0) is 19.3 Å². The van der Waals surface area contributed by atoms with Gasteiger partial charge in [-0.1, -0.05) is 0 Å². The molecule has 0 heterocycles. The standard InChI is InChI=1S/C10H19N3O5S/c11-19(17,18)7-1-5-12-10(16)13(8-2-3-8)6-4-9(14)15/h8H,1-7H2,(H,12,16)(H,14,15)(H2,11,17,18). The number of primary sulfonamides is 1. The Morgan fingerprint density at radius 1 is 1.37 bits per heavy atom. The summed E-state index contributed by atoms with van der Waals surface area (Å²) in [7, 11) is -3.51. The molecule has 1 aliphatic carbocycles. The number of aliphatic carboxylic acids is 1. The number of urea groups is 1. The van der Waals surface area contributed by atoms with Crippen molar-refractivity contribution in [2.24, 2.45) is 5.14 Å². The number of nitrogens with zero attached hydrogens (tertiary/aromatic N) is 1. The highest BCUT2D eigenvalue weighted by Gasteiger charge is 2.32. The largest absolute Gasteiger partial charge is 0.481 e. The summed E-state index contributed by atoms with van der Waals surface area (Å²) in [6.45, 7) is 0.368. The van der Waals surface area contributed by atoms with E-state index in [1.54, 1.807) is 0 Å². The lowest BCUT2D eigenvalue weighted by atomic mass is 10.4. The van der Waals surface area contributed by atoms with Gasteiger partial charge in [0.15, 0.2) is 0 Å². The highest BCUT2D eigenvalue weighted by atomic mass is 32.2. The lowest BCUT2D eigenvalue weighted by Crippen LogP contribution is -2.43. The van der Waals surface area contributed by atoms with E-state index in [0.717, 1.165) is 12.8 Å². The average molecular weight is 293 g/mol. The third kappa shape index (κ3) is 6.97. The maximum atomic E-state index is 11.8. The fraction of sp³-hybridized carbons (Fsp3) is 0.800. The molecule has 0 atom stereocenters. The number of nitrogens with two attached hydrogens (primary N) is 1.